The van der Waals surface area contributed by atoms with Crippen LogP contribution in [-0.2, 0) is 4.74 Å². The number of nitro groups is 1. The largest absolute Gasteiger partial charge is 0.497 e. The van der Waals surface area contributed by atoms with Crippen molar-refractivity contribution in [2.75, 3.05) is 21.3 Å². The Hall–Kier alpha value is -3.62. The second-order valence-corrected chi connectivity index (χ2v) is 5.82. The second kappa shape index (κ2) is 8.85. The lowest BCUT2D eigenvalue weighted by Gasteiger charge is -2.18. The van der Waals surface area contributed by atoms with Crippen molar-refractivity contribution in [3.05, 3.63) is 63.2 Å². The van der Waals surface area contributed by atoms with E-state index in [-0.39, 0.29) is 16.8 Å². The normalized spacial score (nSPS) is 11.3. The van der Waals surface area contributed by atoms with E-state index in [0.29, 0.717) is 17.1 Å². The summed E-state index contributed by atoms with van der Waals surface area (Å²) in [6, 6.07) is 8.04. The van der Waals surface area contributed by atoms with E-state index in [2.05, 4.69) is 10.1 Å². The Balaban J connectivity index is 2.35. The van der Waals surface area contributed by atoms with E-state index in [1.54, 1.807) is 25.1 Å². The van der Waals surface area contributed by atoms with E-state index in [1.165, 1.54) is 20.3 Å². The van der Waals surface area contributed by atoms with E-state index < -0.39 is 22.8 Å². The van der Waals surface area contributed by atoms with Crippen LogP contribution in [0, 0.1) is 10.1 Å². The zero-order valence-corrected chi connectivity index (χ0v) is 15.8. The summed E-state index contributed by atoms with van der Waals surface area (Å²) >= 11 is 0. The molecule has 0 bridgehead atoms. The summed E-state index contributed by atoms with van der Waals surface area (Å²) in [4.78, 5) is 34.9. The second-order valence-electron chi connectivity index (χ2n) is 5.82. The summed E-state index contributed by atoms with van der Waals surface area (Å²) in [5.41, 5.74) is 0.144. The number of hydrogen-bond donors (Lipinski definition) is 1. The van der Waals surface area contributed by atoms with Crippen molar-refractivity contribution in [2.45, 2.75) is 13.0 Å². The molecule has 1 amide bonds. The minimum absolute atomic E-state index is 0.0386. The van der Waals surface area contributed by atoms with Crippen molar-refractivity contribution in [1.29, 1.82) is 0 Å². The Kier molecular flexibility index (Phi) is 6.54. The van der Waals surface area contributed by atoms with Crippen LogP contribution in [0.1, 0.15) is 39.2 Å². The van der Waals surface area contributed by atoms with Crippen LogP contribution in [-0.4, -0.2) is 38.1 Å². The van der Waals surface area contributed by atoms with Crippen molar-refractivity contribution in [1.82, 2.24) is 5.32 Å². The minimum atomic E-state index is -0.778. The minimum Gasteiger partial charge on any atom is -0.497 e. The fourth-order valence-corrected chi connectivity index (χ4v) is 2.62. The number of nitro benzene ring substituents is 1. The zero-order valence-electron chi connectivity index (χ0n) is 15.8. The highest BCUT2D eigenvalue weighted by Crippen LogP contribution is 2.29. The number of nitrogens with zero attached hydrogens (tertiary/aromatic N) is 1. The topological polar surface area (TPSA) is 117 Å². The van der Waals surface area contributed by atoms with Gasteiger partial charge in [-0.25, -0.2) is 4.79 Å². The molecule has 1 atom stereocenters. The van der Waals surface area contributed by atoms with Crippen molar-refractivity contribution in [2.24, 2.45) is 0 Å². The molecule has 0 aromatic heterocycles. The van der Waals surface area contributed by atoms with Gasteiger partial charge in [0.2, 0.25) is 0 Å². The van der Waals surface area contributed by atoms with Gasteiger partial charge in [0.05, 0.1) is 37.9 Å². The number of hydrogen-bond acceptors (Lipinski definition) is 7. The highest BCUT2D eigenvalue weighted by atomic mass is 16.6. The van der Waals surface area contributed by atoms with Crippen molar-refractivity contribution in [3.8, 4) is 11.5 Å². The van der Waals surface area contributed by atoms with Crippen LogP contribution in [0.5, 0.6) is 11.5 Å². The lowest BCUT2D eigenvalue weighted by atomic mass is 10.0. The summed E-state index contributed by atoms with van der Waals surface area (Å²) in [6.07, 6.45) is 0. The van der Waals surface area contributed by atoms with Crippen LogP contribution >= 0.6 is 0 Å². The molecule has 0 saturated carbocycles. The quantitative estimate of drug-likeness (QED) is 0.440. The van der Waals surface area contributed by atoms with Crippen molar-refractivity contribution < 1.29 is 28.7 Å². The zero-order chi connectivity index (χ0) is 20.8. The maximum atomic E-state index is 12.7. The molecule has 28 heavy (non-hydrogen) atoms. The van der Waals surface area contributed by atoms with E-state index >= 15 is 0 Å². The molecule has 0 aliphatic heterocycles. The Morgan fingerprint density at radius 2 is 1.71 bits per heavy atom. The van der Waals surface area contributed by atoms with Gasteiger partial charge in [-0.2, -0.15) is 0 Å². The number of benzene rings is 2. The van der Waals surface area contributed by atoms with Gasteiger partial charge >= 0.3 is 5.97 Å². The van der Waals surface area contributed by atoms with E-state index in [9.17, 15) is 19.7 Å². The number of carbonyl (C=O) groups is 2. The van der Waals surface area contributed by atoms with Gasteiger partial charge in [-0.1, -0.05) is 0 Å². The molecule has 0 unspecified atom stereocenters. The molecule has 0 spiro atoms. The van der Waals surface area contributed by atoms with Gasteiger partial charge in [-0.15, -0.1) is 0 Å². The number of nitrogens with one attached hydrogen (secondary N) is 1. The molecule has 2 rings (SSSR count). The SMILES string of the molecule is COC(=O)c1cc(C(=O)N[C@@H](C)c2cc(OC)ccc2OC)cc([N+](=O)[O-])c1. The molecule has 2 aromatic carbocycles. The van der Waals surface area contributed by atoms with E-state index in [1.807, 2.05) is 0 Å². The molecule has 148 valence electrons. The van der Waals surface area contributed by atoms with Crippen LogP contribution in [0.15, 0.2) is 36.4 Å². The van der Waals surface area contributed by atoms with Crippen LogP contribution in [0.2, 0.25) is 0 Å². The van der Waals surface area contributed by atoms with E-state index in [0.717, 1.165) is 19.2 Å². The summed E-state index contributed by atoms with van der Waals surface area (Å²) < 4.78 is 15.1. The predicted octanol–water partition coefficient (Wildman–Crippen LogP) is 2.89. The first kappa shape index (κ1) is 20.7. The third-order valence-corrected chi connectivity index (χ3v) is 4.06. The van der Waals surface area contributed by atoms with Crippen LogP contribution in [0.25, 0.3) is 0 Å². The molecule has 9 nitrogen and oxygen atoms in total. The van der Waals surface area contributed by atoms with Gasteiger partial charge in [0, 0.05) is 23.3 Å². The number of carbonyl (C=O) groups excluding carboxylic acids is 2. The standard InChI is InChI=1S/C19H20N2O7/c1-11(16-10-15(26-2)5-6-17(16)27-3)20-18(22)12-7-13(19(23)28-4)9-14(8-12)21(24)25/h5-11H,1-4H3,(H,20,22)/t11-/m0/s1. The Labute approximate surface area is 161 Å². The average Bonchev–Trinajstić information content (AvgIpc) is 2.71. The van der Waals surface area contributed by atoms with Gasteiger partial charge in [0.1, 0.15) is 11.5 Å². The molecular weight excluding hydrogens is 368 g/mol. The molecule has 9 heteroatoms. The number of ether oxygens (including phenoxy) is 3. The molecule has 1 N–H and O–H groups in total. The molecular formula is C19H20N2O7. The number of methoxy groups -OCH3 is 3. The van der Waals surface area contributed by atoms with Crippen molar-refractivity contribution >= 4 is 17.6 Å². The molecule has 2 aromatic rings. The third kappa shape index (κ3) is 4.56. The van der Waals surface area contributed by atoms with Crippen LogP contribution in [0.4, 0.5) is 5.69 Å². The Bertz CT molecular complexity index is 911. The maximum Gasteiger partial charge on any atom is 0.338 e. The molecule has 0 saturated heterocycles. The number of amides is 1. The van der Waals surface area contributed by atoms with Gasteiger partial charge in [-0.05, 0) is 31.2 Å². The number of rotatable bonds is 7. The lowest BCUT2D eigenvalue weighted by molar-refractivity contribution is -0.384. The van der Waals surface area contributed by atoms with Crippen LogP contribution in [0.3, 0.4) is 0 Å². The summed E-state index contributed by atoms with van der Waals surface area (Å²) in [6.45, 7) is 1.73. The fraction of sp³-hybridized carbons (Fsp3) is 0.263. The summed E-state index contributed by atoms with van der Waals surface area (Å²) in [7, 11) is 4.17. The monoisotopic (exact) mass is 388 g/mol. The lowest BCUT2D eigenvalue weighted by Crippen LogP contribution is -2.27. The Morgan fingerprint density at radius 1 is 1.04 bits per heavy atom. The first-order valence-corrected chi connectivity index (χ1v) is 8.21. The van der Waals surface area contributed by atoms with Gasteiger partial charge in [0.25, 0.3) is 11.6 Å². The first-order chi connectivity index (χ1) is 13.3. The predicted molar refractivity (Wildman–Crippen MR) is 99.9 cm³/mol. The molecule has 0 aliphatic carbocycles. The molecule has 0 fully saturated rings. The fourth-order valence-electron chi connectivity index (χ4n) is 2.62. The van der Waals surface area contributed by atoms with Crippen LogP contribution < -0.4 is 14.8 Å². The molecule has 0 heterocycles. The average molecular weight is 388 g/mol. The molecule has 0 aliphatic rings. The number of non-ortho nitro benzene ring substituents is 1. The van der Waals surface area contributed by atoms with Crippen molar-refractivity contribution in [3.63, 3.8) is 0 Å². The van der Waals surface area contributed by atoms with Gasteiger partial charge in [-0.3, -0.25) is 14.9 Å². The highest BCUT2D eigenvalue weighted by Gasteiger charge is 2.21. The smallest absolute Gasteiger partial charge is 0.338 e. The van der Waals surface area contributed by atoms with E-state index in [4.69, 9.17) is 9.47 Å². The summed E-state index contributed by atoms with van der Waals surface area (Å²) in [5, 5.41) is 13.9. The maximum absolute atomic E-state index is 12.7. The highest BCUT2D eigenvalue weighted by molar-refractivity contribution is 5.99. The Morgan fingerprint density at radius 3 is 2.29 bits per heavy atom. The molecule has 0 radical (unpaired) electrons. The van der Waals surface area contributed by atoms with Gasteiger partial charge < -0.3 is 19.5 Å². The van der Waals surface area contributed by atoms with Gasteiger partial charge in [0.15, 0.2) is 0 Å². The summed E-state index contributed by atoms with van der Waals surface area (Å²) in [5.74, 6) is -0.241. The number of esters is 1. The first-order valence-electron chi connectivity index (χ1n) is 8.21. The third-order valence-electron chi connectivity index (χ3n) is 4.06.